The Labute approximate surface area is 124 Å². The van der Waals surface area contributed by atoms with E-state index in [1.54, 1.807) is 6.92 Å². The van der Waals surface area contributed by atoms with E-state index in [-0.39, 0.29) is 5.78 Å². The fraction of sp³-hybridized carbons (Fsp3) is 0.222. The highest BCUT2D eigenvalue weighted by Crippen LogP contribution is 2.20. The largest absolute Gasteiger partial charge is 0.299 e. The van der Waals surface area contributed by atoms with E-state index in [0.29, 0.717) is 5.56 Å². The fourth-order valence-corrected chi connectivity index (χ4v) is 2.59. The van der Waals surface area contributed by atoms with E-state index in [2.05, 4.69) is 40.7 Å². The molecule has 2 aromatic carbocycles. The van der Waals surface area contributed by atoms with E-state index in [0.717, 1.165) is 29.6 Å². The van der Waals surface area contributed by atoms with Gasteiger partial charge in [0, 0.05) is 11.3 Å². The number of Topliss-reactive ketones (excluding diaryl/α,β-unsaturated/α-hetero) is 1. The van der Waals surface area contributed by atoms with Crippen LogP contribution < -0.4 is 0 Å². The highest BCUT2D eigenvalue weighted by molar-refractivity contribution is 5.97. The summed E-state index contributed by atoms with van der Waals surface area (Å²) < 4.78 is 2.07. The van der Waals surface area contributed by atoms with Crippen LogP contribution >= 0.6 is 0 Å². The first-order valence-corrected chi connectivity index (χ1v) is 7.26. The van der Waals surface area contributed by atoms with Crippen LogP contribution in [0.2, 0.25) is 0 Å². The average molecular weight is 278 g/mol. The normalized spacial score (nSPS) is 11.0. The lowest BCUT2D eigenvalue weighted by molar-refractivity contribution is 0.101. The summed E-state index contributed by atoms with van der Waals surface area (Å²) in [6.07, 6.45) is 4.03. The average Bonchev–Trinajstić information content (AvgIpc) is 2.90. The van der Waals surface area contributed by atoms with Gasteiger partial charge in [0.2, 0.25) is 0 Å². The summed E-state index contributed by atoms with van der Waals surface area (Å²) in [6.45, 7) is 3.76. The Hall–Kier alpha value is -2.42. The second-order valence-corrected chi connectivity index (χ2v) is 5.29. The first kappa shape index (κ1) is 13.6. The van der Waals surface area contributed by atoms with Crippen LogP contribution in [0.15, 0.2) is 48.8 Å². The first-order chi connectivity index (χ1) is 10.2. The molecule has 0 unspecified atom stereocenters. The summed E-state index contributed by atoms with van der Waals surface area (Å²) in [5.41, 5.74) is 5.01. The minimum absolute atomic E-state index is 0.0661. The third kappa shape index (κ3) is 2.59. The van der Waals surface area contributed by atoms with Crippen molar-refractivity contribution in [1.82, 2.24) is 9.55 Å². The van der Waals surface area contributed by atoms with Gasteiger partial charge < -0.3 is 0 Å². The van der Waals surface area contributed by atoms with Crippen molar-refractivity contribution in [2.75, 3.05) is 0 Å². The van der Waals surface area contributed by atoms with Crippen molar-refractivity contribution < 1.29 is 4.79 Å². The minimum atomic E-state index is 0.0661. The summed E-state index contributed by atoms with van der Waals surface area (Å²) in [4.78, 5) is 15.9. The third-order valence-electron chi connectivity index (χ3n) is 3.68. The molecule has 1 aromatic heterocycles. The quantitative estimate of drug-likeness (QED) is 0.671. The van der Waals surface area contributed by atoms with Gasteiger partial charge in [-0.1, -0.05) is 25.5 Å². The predicted molar refractivity (Wildman–Crippen MR) is 85.1 cm³/mol. The van der Waals surface area contributed by atoms with Crippen LogP contribution in [-0.4, -0.2) is 15.3 Å². The Kier molecular flexibility index (Phi) is 3.57. The van der Waals surface area contributed by atoms with Gasteiger partial charge in [0.25, 0.3) is 0 Å². The summed E-state index contributed by atoms with van der Waals surface area (Å²) in [6, 6.07) is 14.2. The van der Waals surface area contributed by atoms with Gasteiger partial charge in [0.1, 0.15) is 6.33 Å². The molecule has 0 bridgehead atoms. The number of benzene rings is 2. The lowest BCUT2D eigenvalue weighted by atomic mass is 10.1. The maximum Gasteiger partial charge on any atom is 0.159 e. The van der Waals surface area contributed by atoms with Crippen molar-refractivity contribution in [2.45, 2.75) is 26.7 Å². The van der Waals surface area contributed by atoms with E-state index in [1.165, 1.54) is 5.56 Å². The summed E-state index contributed by atoms with van der Waals surface area (Å²) in [5, 5.41) is 0. The molecule has 0 N–H and O–H groups in total. The number of carbonyl (C=O) groups is 1. The molecule has 0 aliphatic heterocycles. The zero-order valence-corrected chi connectivity index (χ0v) is 12.3. The Balaban J connectivity index is 2.08. The van der Waals surface area contributed by atoms with E-state index in [4.69, 9.17) is 0 Å². The molecule has 3 nitrogen and oxygen atoms in total. The van der Waals surface area contributed by atoms with Crippen molar-refractivity contribution in [1.29, 1.82) is 0 Å². The summed E-state index contributed by atoms with van der Waals surface area (Å²) in [5.74, 6) is 0.0661. The Morgan fingerprint density at radius 3 is 2.81 bits per heavy atom. The molecule has 3 rings (SSSR count). The number of rotatable bonds is 4. The van der Waals surface area contributed by atoms with Gasteiger partial charge in [-0.15, -0.1) is 0 Å². The summed E-state index contributed by atoms with van der Waals surface area (Å²) >= 11 is 0. The monoisotopic (exact) mass is 278 g/mol. The van der Waals surface area contributed by atoms with Gasteiger partial charge in [-0.2, -0.15) is 0 Å². The third-order valence-corrected chi connectivity index (χ3v) is 3.68. The zero-order chi connectivity index (χ0) is 14.8. The number of hydrogen-bond acceptors (Lipinski definition) is 2. The number of ketones is 1. The molecular formula is C18H18N2O. The highest BCUT2D eigenvalue weighted by Gasteiger charge is 2.07. The number of nitrogens with zero attached hydrogens (tertiary/aromatic N) is 2. The SMILES string of the molecule is CCCc1cccc(-n2cnc3cc(C(C)=O)ccc32)c1. The van der Waals surface area contributed by atoms with Crippen LogP contribution in [0.25, 0.3) is 16.7 Å². The fourth-order valence-electron chi connectivity index (χ4n) is 2.59. The maximum absolute atomic E-state index is 11.4. The van der Waals surface area contributed by atoms with Crippen LogP contribution in [0.4, 0.5) is 0 Å². The predicted octanol–water partition coefficient (Wildman–Crippen LogP) is 4.18. The van der Waals surface area contributed by atoms with Gasteiger partial charge in [0.15, 0.2) is 5.78 Å². The second kappa shape index (κ2) is 5.52. The van der Waals surface area contributed by atoms with Crippen LogP contribution in [0.5, 0.6) is 0 Å². The van der Waals surface area contributed by atoms with Crippen LogP contribution in [0, 0.1) is 0 Å². The van der Waals surface area contributed by atoms with Crippen molar-refractivity contribution >= 4 is 16.8 Å². The molecule has 0 amide bonds. The standard InChI is InChI=1S/C18H18N2O/c1-3-5-14-6-4-7-16(10-14)20-12-19-17-11-15(13(2)21)8-9-18(17)20/h4,6-12H,3,5H2,1-2H3. The topological polar surface area (TPSA) is 34.9 Å². The van der Waals surface area contributed by atoms with Crippen LogP contribution in [0.1, 0.15) is 36.2 Å². The molecule has 0 saturated heterocycles. The van der Waals surface area contributed by atoms with Crippen LogP contribution in [0.3, 0.4) is 0 Å². The van der Waals surface area contributed by atoms with Gasteiger partial charge in [-0.3, -0.25) is 9.36 Å². The van der Waals surface area contributed by atoms with E-state index >= 15 is 0 Å². The van der Waals surface area contributed by atoms with E-state index < -0.39 is 0 Å². The molecule has 0 spiro atoms. The smallest absolute Gasteiger partial charge is 0.159 e. The number of carbonyl (C=O) groups excluding carboxylic acids is 1. The van der Waals surface area contributed by atoms with Gasteiger partial charge in [-0.05, 0) is 49.2 Å². The van der Waals surface area contributed by atoms with Gasteiger partial charge in [0.05, 0.1) is 11.0 Å². The van der Waals surface area contributed by atoms with E-state index in [9.17, 15) is 4.79 Å². The molecule has 0 fully saturated rings. The van der Waals surface area contributed by atoms with Crippen molar-refractivity contribution in [3.63, 3.8) is 0 Å². The molecule has 0 radical (unpaired) electrons. The maximum atomic E-state index is 11.4. The number of fused-ring (bicyclic) bond motifs is 1. The molecule has 106 valence electrons. The number of hydrogen-bond donors (Lipinski definition) is 0. The van der Waals surface area contributed by atoms with Crippen molar-refractivity contribution in [3.8, 4) is 5.69 Å². The minimum Gasteiger partial charge on any atom is -0.299 e. The zero-order valence-electron chi connectivity index (χ0n) is 12.3. The van der Waals surface area contributed by atoms with Crippen molar-refractivity contribution in [2.24, 2.45) is 0 Å². The lowest BCUT2D eigenvalue weighted by Crippen LogP contribution is -1.95. The number of imidazole rings is 1. The molecule has 0 atom stereocenters. The van der Waals surface area contributed by atoms with Crippen molar-refractivity contribution in [3.05, 3.63) is 59.9 Å². The Morgan fingerprint density at radius 2 is 2.05 bits per heavy atom. The van der Waals surface area contributed by atoms with E-state index in [1.807, 2.05) is 24.5 Å². The van der Waals surface area contributed by atoms with Gasteiger partial charge in [-0.25, -0.2) is 4.98 Å². The number of aromatic nitrogens is 2. The molecule has 1 heterocycles. The number of aryl methyl sites for hydroxylation is 1. The molecule has 3 aromatic rings. The molecule has 0 aliphatic rings. The molecule has 0 aliphatic carbocycles. The molecular weight excluding hydrogens is 260 g/mol. The molecule has 0 saturated carbocycles. The molecule has 3 heteroatoms. The Morgan fingerprint density at radius 1 is 1.19 bits per heavy atom. The first-order valence-electron chi connectivity index (χ1n) is 7.26. The summed E-state index contributed by atoms with van der Waals surface area (Å²) in [7, 11) is 0. The second-order valence-electron chi connectivity index (χ2n) is 5.29. The van der Waals surface area contributed by atoms with Gasteiger partial charge >= 0.3 is 0 Å². The lowest BCUT2D eigenvalue weighted by Gasteiger charge is -2.07. The van der Waals surface area contributed by atoms with Crippen LogP contribution in [-0.2, 0) is 6.42 Å². The Bertz CT molecular complexity index is 802. The highest BCUT2D eigenvalue weighted by atomic mass is 16.1. The molecule has 21 heavy (non-hydrogen) atoms.